The first-order chi connectivity index (χ1) is 38.5. The third kappa shape index (κ3) is 64.2. The molecule has 0 amide bonds. The molecule has 0 bridgehead atoms. The zero-order valence-electron chi connectivity index (χ0n) is 52.5. The highest BCUT2D eigenvalue weighted by Gasteiger charge is 2.19. The smallest absolute Gasteiger partial charge is 0.306 e. The predicted octanol–water partition coefficient (Wildman–Crippen LogP) is 23.7. The second-order valence-electron chi connectivity index (χ2n) is 23.4. The molecule has 78 heavy (non-hydrogen) atoms. The SMILES string of the molecule is CC/C=C\C/C=C\C/C=C\C/C=C\CCCCCCCCCCCCC(=O)OC(COC(=O)CCCCCCCCCCCCCCC)COC(=O)CCCCCCCCCCCCCCCCCCCCCCCCCC. The van der Waals surface area contributed by atoms with Gasteiger partial charge in [0.05, 0.1) is 0 Å². The molecule has 0 aromatic carbocycles. The van der Waals surface area contributed by atoms with E-state index in [4.69, 9.17) is 14.2 Å². The Morgan fingerprint density at radius 3 is 0.782 bits per heavy atom. The van der Waals surface area contributed by atoms with E-state index in [0.717, 1.165) is 83.5 Å². The number of carbonyl (C=O) groups is 3. The van der Waals surface area contributed by atoms with E-state index in [2.05, 4.69) is 69.4 Å². The van der Waals surface area contributed by atoms with E-state index in [0.29, 0.717) is 19.3 Å². The Bertz CT molecular complexity index is 1350. The molecular weight excluding hydrogens is 961 g/mol. The molecule has 0 fully saturated rings. The lowest BCUT2D eigenvalue weighted by molar-refractivity contribution is -0.167. The third-order valence-electron chi connectivity index (χ3n) is 15.6. The van der Waals surface area contributed by atoms with Crippen molar-refractivity contribution in [1.29, 1.82) is 0 Å². The van der Waals surface area contributed by atoms with Crippen molar-refractivity contribution in [2.24, 2.45) is 0 Å². The maximum atomic E-state index is 12.9. The Labute approximate surface area is 486 Å². The van der Waals surface area contributed by atoms with E-state index in [9.17, 15) is 14.4 Å². The molecule has 0 saturated heterocycles. The normalized spacial score (nSPS) is 12.3. The van der Waals surface area contributed by atoms with Crippen molar-refractivity contribution in [3.63, 3.8) is 0 Å². The van der Waals surface area contributed by atoms with Crippen molar-refractivity contribution in [1.82, 2.24) is 0 Å². The van der Waals surface area contributed by atoms with Crippen molar-refractivity contribution in [2.75, 3.05) is 13.2 Å². The first-order valence-corrected chi connectivity index (χ1v) is 34.6. The van der Waals surface area contributed by atoms with Crippen LogP contribution in [0.4, 0.5) is 0 Å². The monoisotopic (exact) mass is 1090 g/mol. The first kappa shape index (κ1) is 75.4. The van der Waals surface area contributed by atoms with Gasteiger partial charge in [-0.25, -0.2) is 0 Å². The molecule has 1 unspecified atom stereocenters. The Morgan fingerprint density at radius 2 is 0.500 bits per heavy atom. The average Bonchev–Trinajstić information content (AvgIpc) is 3.44. The second-order valence-corrected chi connectivity index (χ2v) is 23.4. The summed E-state index contributed by atoms with van der Waals surface area (Å²) >= 11 is 0. The minimum Gasteiger partial charge on any atom is -0.462 e. The van der Waals surface area contributed by atoms with Gasteiger partial charge in [0.2, 0.25) is 0 Å². The minimum absolute atomic E-state index is 0.0690. The Kier molecular flexibility index (Phi) is 64.6. The van der Waals surface area contributed by atoms with E-state index in [1.165, 1.54) is 250 Å². The number of unbranched alkanes of at least 4 members (excludes halogenated alkanes) is 45. The number of ether oxygens (including phenoxy) is 3. The van der Waals surface area contributed by atoms with E-state index in [-0.39, 0.29) is 31.1 Å². The molecule has 0 aliphatic rings. The van der Waals surface area contributed by atoms with Crippen LogP contribution < -0.4 is 0 Å². The zero-order chi connectivity index (χ0) is 56.4. The van der Waals surface area contributed by atoms with Crippen LogP contribution in [0.2, 0.25) is 0 Å². The highest BCUT2D eigenvalue weighted by atomic mass is 16.6. The fourth-order valence-corrected chi connectivity index (χ4v) is 10.4. The van der Waals surface area contributed by atoms with E-state index < -0.39 is 6.10 Å². The number of esters is 3. The lowest BCUT2D eigenvalue weighted by atomic mass is 10.0. The summed E-state index contributed by atoms with van der Waals surface area (Å²) in [5, 5.41) is 0. The number of hydrogen-bond acceptors (Lipinski definition) is 6. The summed E-state index contributed by atoms with van der Waals surface area (Å²) in [6.07, 6.45) is 84.2. The quantitative estimate of drug-likeness (QED) is 0.0261. The van der Waals surface area contributed by atoms with Crippen LogP contribution in [0.15, 0.2) is 48.6 Å². The Balaban J connectivity index is 4.25. The summed E-state index contributed by atoms with van der Waals surface area (Å²) in [4.78, 5) is 38.4. The average molecular weight is 1090 g/mol. The molecule has 456 valence electrons. The van der Waals surface area contributed by atoms with Crippen molar-refractivity contribution < 1.29 is 28.6 Å². The molecule has 0 aliphatic heterocycles. The standard InChI is InChI=1S/C72H132O6/c1-4-7-10-13-16-19-22-25-27-29-31-33-35-37-38-40-42-44-47-50-53-56-59-62-65-71(74)77-68-69(67-76-70(73)64-61-58-55-52-49-46-24-21-18-15-12-9-6-3)78-72(75)66-63-60-57-54-51-48-45-43-41-39-36-34-32-30-28-26-23-20-17-14-11-8-5-2/h8,11,17,20,26,28,32,34,69H,4-7,9-10,12-16,18-19,21-25,27,29-31,33,35-68H2,1-3H3/b11-8-,20-17-,28-26-,34-32-. The molecule has 0 spiro atoms. The Morgan fingerprint density at radius 1 is 0.269 bits per heavy atom. The number of hydrogen-bond donors (Lipinski definition) is 0. The largest absolute Gasteiger partial charge is 0.462 e. The highest BCUT2D eigenvalue weighted by Crippen LogP contribution is 2.18. The van der Waals surface area contributed by atoms with E-state index in [1.807, 2.05) is 0 Å². The molecular formula is C72H132O6. The second kappa shape index (κ2) is 66.9. The summed E-state index contributed by atoms with van der Waals surface area (Å²) in [5.74, 6) is -0.846. The van der Waals surface area contributed by atoms with Crippen molar-refractivity contribution in [3.8, 4) is 0 Å². The summed E-state index contributed by atoms with van der Waals surface area (Å²) in [6, 6.07) is 0. The van der Waals surface area contributed by atoms with Gasteiger partial charge in [-0.1, -0.05) is 345 Å². The number of allylic oxidation sites excluding steroid dienone is 8. The summed E-state index contributed by atoms with van der Waals surface area (Å²) < 4.78 is 17.0. The van der Waals surface area contributed by atoms with Gasteiger partial charge in [0.1, 0.15) is 13.2 Å². The van der Waals surface area contributed by atoms with Gasteiger partial charge in [-0.3, -0.25) is 14.4 Å². The van der Waals surface area contributed by atoms with E-state index >= 15 is 0 Å². The Hall–Kier alpha value is -2.63. The van der Waals surface area contributed by atoms with Crippen LogP contribution in [0.25, 0.3) is 0 Å². The number of rotatable bonds is 64. The van der Waals surface area contributed by atoms with E-state index in [1.54, 1.807) is 0 Å². The fourth-order valence-electron chi connectivity index (χ4n) is 10.4. The van der Waals surface area contributed by atoms with Crippen LogP contribution in [0.1, 0.15) is 374 Å². The molecule has 0 aromatic heterocycles. The fraction of sp³-hybridized carbons (Fsp3) is 0.847. The molecule has 1 atom stereocenters. The third-order valence-corrected chi connectivity index (χ3v) is 15.6. The lowest BCUT2D eigenvalue weighted by Gasteiger charge is -2.18. The molecule has 6 nitrogen and oxygen atoms in total. The van der Waals surface area contributed by atoms with Gasteiger partial charge in [-0.05, 0) is 57.8 Å². The van der Waals surface area contributed by atoms with Gasteiger partial charge < -0.3 is 14.2 Å². The van der Waals surface area contributed by atoms with Gasteiger partial charge in [-0.15, -0.1) is 0 Å². The molecule has 0 aliphatic carbocycles. The number of carbonyl (C=O) groups excluding carboxylic acids is 3. The molecule has 0 radical (unpaired) electrons. The first-order valence-electron chi connectivity index (χ1n) is 34.6. The molecule has 0 rings (SSSR count). The maximum Gasteiger partial charge on any atom is 0.306 e. The lowest BCUT2D eigenvalue weighted by Crippen LogP contribution is -2.30. The molecule has 0 heterocycles. The van der Waals surface area contributed by atoms with Gasteiger partial charge in [0.15, 0.2) is 6.10 Å². The van der Waals surface area contributed by atoms with Crippen LogP contribution in [-0.2, 0) is 28.6 Å². The minimum atomic E-state index is -0.773. The van der Waals surface area contributed by atoms with Crippen molar-refractivity contribution >= 4 is 17.9 Å². The molecule has 0 N–H and O–H groups in total. The van der Waals surface area contributed by atoms with Crippen LogP contribution in [-0.4, -0.2) is 37.2 Å². The molecule has 0 aromatic rings. The van der Waals surface area contributed by atoms with Gasteiger partial charge in [0.25, 0.3) is 0 Å². The van der Waals surface area contributed by atoms with Crippen LogP contribution in [0.5, 0.6) is 0 Å². The van der Waals surface area contributed by atoms with Crippen molar-refractivity contribution in [2.45, 2.75) is 380 Å². The highest BCUT2D eigenvalue weighted by molar-refractivity contribution is 5.71. The van der Waals surface area contributed by atoms with Crippen molar-refractivity contribution in [3.05, 3.63) is 48.6 Å². The summed E-state index contributed by atoms with van der Waals surface area (Å²) in [7, 11) is 0. The summed E-state index contributed by atoms with van der Waals surface area (Å²) in [6.45, 7) is 6.59. The van der Waals surface area contributed by atoms with Crippen LogP contribution in [0, 0.1) is 0 Å². The molecule has 0 saturated carbocycles. The van der Waals surface area contributed by atoms with Gasteiger partial charge in [-0.2, -0.15) is 0 Å². The van der Waals surface area contributed by atoms with Gasteiger partial charge >= 0.3 is 17.9 Å². The predicted molar refractivity (Wildman–Crippen MR) is 339 cm³/mol. The maximum absolute atomic E-state index is 12.9. The summed E-state index contributed by atoms with van der Waals surface area (Å²) in [5.41, 5.74) is 0. The van der Waals surface area contributed by atoms with Crippen LogP contribution in [0.3, 0.4) is 0 Å². The van der Waals surface area contributed by atoms with Gasteiger partial charge in [0, 0.05) is 19.3 Å². The zero-order valence-corrected chi connectivity index (χ0v) is 52.5. The molecule has 6 heteroatoms. The van der Waals surface area contributed by atoms with Crippen LogP contribution >= 0.6 is 0 Å². The topological polar surface area (TPSA) is 78.9 Å².